The van der Waals surface area contributed by atoms with Crippen molar-refractivity contribution in [3.05, 3.63) is 65.9 Å². The average molecular weight is 720 g/mol. The number of benzene rings is 3. The Morgan fingerprint density at radius 3 is 2.60 bits per heavy atom. The lowest BCUT2D eigenvalue weighted by atomic mass is 9.92. The lowest BCUT2D eigenvalue weighted by Gasteiger charge is -2.35. The molecule has 3 amide bonds. The minimum Gasteiger partial charge on any atom is -0.488 e. The standard InChI is InChI=1S/C41H49N7O5/c1-8-22(3)39(49)47-16-10-11-34(47)38-44-32-15-13-26-18-31-29-14-12-27(17-28(29)21-53-35(31)19-30(26)36(32)46-38)33-20-42-37(45-33)25(6)48(23(4)9-2)40(50)24(5)43-41(51)52-7/h12-15,17-20,22-25,34H,8-11,16,21H2,1-7H3,(H,42,45)(H,43,51)(H,44,46)/t22?,23-,24-,25-,34-/m0/s1. The van der Waals surface area contributed by atoms with Gasteiger partial charge in [0.05, 0.1) is 42.1 Å². The summed E-state index contributed by atoms with van der Waals surface area (Å²) in [5.74, 6) is 2.30. The molecule has 0 aliphatic carbocycles. The highest BCUT2D eigenvalue weighted by atomic mass is 16.5. The highest BCUT2D eigenvalue weighted by Crippen LogP contribution is 2.43. The van der Waals surface area contributed by atoms with E-state index in [9.17, 15) is 14.4 Å². The molecular formula is C41H49N7O5. The van der Waals surface area contributed by atoms with Gasteiger partial charge >= 0.3 is 6.09 Å². The molecule has 1 fully saturated rings. The Hall–Kier alpha value is -5.39. The molecule has 12 heteroatoms. The van der Waals surface area contributed by atoms with Crippen molar-refractivity contribution >= 4 is 39.7 Å². The Bertz CT molecular complexity index is 2190. The molecule has 3 N–H and O–H groups in total. The van der Waals surface area contributed by atoms with Crippen molar-refractivity contribution in [1.29, 1.82) is 0 Å². The van der Waals surface area contributed by atoms with Gasteiger partial charge < -0.3 is 34.6 Å². The van der Waals surface area contributed by atoms with Crippen LogP contribution in [0.3, 0.4) is 0 Å². The molecule has 5 aromatic rings. The van der Waals surface area contributed by atoms with Crippen molar-refractivity contribution in [3.8, 4) is 28.1 Å². The number of hydrogen-bond donors (Lipinski definition) is 3. The number of rotatable bonds is 10. The van der Waals surface area contributed by atoms with E-state index in [-0.39, 0.29) is 35.9 Å². The van der Waals surface area contributed by atoms with E-state index >= 15 is 0 Å². The zero-order chi connectivity index (χ0) is 37.6. The van der Waals surface area contributed by atoms with E-state index in [1.54, 1.807) is 18.0 Å². The number of imidazole rings is 2. The number of H-pyrrole nitrogens is 2. The molecule has 2 aliphatic rings. The van der Waals surface area contributed by atoms with Gasteiger partial charge in [-0.25, -0.2) is 14.8 Å². The van der Waals surface area contributed by atoms with Gasteiger partial charge in [-0.15, -0.1) is 0 Å². The third-order valence-electron chi connectivity index (χ3n) is 11.2. The third kappa shape index (κ3) is 6.59. The quantitative estimate of drug-likeness (QED) is 0.134. The maximum absolute atomic E-state index is 13.5. The smallest absolute Gasteiger partial charge is 0.407 e. The van der Waals surface area contributed by atoms with E-state index in [0.29, 0.717) is 12.4 Å². The Balaban J connectivity index is 1.15. The number of nitrogens with one attached hydrogen (secondary N) is 3. The Labute approximate surface area is 309 Å². The second-order valence-electron chi connectivity index (χ2n) is 14.5. The summed E-state index contributed by atoms with van der Waals surface area (Å²) in [6.07, 6.45) is 4.59. The number of methoxy groups -OCH3 is 1. The number of carbonyl (C=O) groups is 3. The lowest BCUT2D eigenvalue weighted by molar-refractivity contribution is -0.138. The maximum Gasteiger partial charge on any atom is 0.407 e. The van der Waals surface area contributed by atoms with Gasteiger partial charge in [0, 0.05) is 29.5 Å². The summed E-state index contributed by atoms with van der Waals surface area (Å²) in [5.41, 5.74) is 6.83. The molecule has 0 bridgehead atoms. The number of aromatic amines is 2. The van der Waals surface area contributed by atoms with Crippen LogP contribution in [0.1, 0.15) is 96.5 Å². The second kappa shape index (κ2) is 14.6. The van der Waals surface area contributed by atoms with Crippen LogP contribution < -0.4 is 10.1 Å². The molecule has 278 valence electrons. The van der Waals surface area contributed by atoms with Crippen LogP contribution in [0.25, 0.3) is 44.2 Å². The van der Waals surface area contributed by atoms with E-state index in [0.717, 1.165) is 93.6 Å². The van der Waals surface area contributed by atoms with Crippen molar-refractivity contribution in [1.82, 2.24) is 35.1 Å². The van der Waals surface area contributed by atoms with Crippen molar-refractivity contribution in [2.45, 2.75) is 98.0 Å². The summed E-state index contributed by atoms with van der Waals surface area (Å²) in [4.78, 5) is 59.0. The van der Waals surface area contributed by atoms with Gasteiger partial charge in [-0.2, -0.15) is 0 Å². The molecule has 7 rings (SSSR count). The molecule has 4 heterocycles. The highest BCUT2D eigenvalue weighted by molar-refractivity contribution is 6.07. The number of alkyl carbamates (subject to hydrolysis) is 1. The summed E-state index contributed by atoms with van der Waals surface area (Å²) in [5, 5.41) is 4.67. The van der Waals surface area contributed by atoms with Crippen LogP contribution in [0.4, 0.5) is 4.79 Å². The number of carbonyl (C=O) groups excluding carboxylic acids is 3. The fourth-order valence-corrected chi connectivity index (χ4v) is 7.74. The molecule has 3 aromatic carbocycles. The molecule has 1 unspecified atom stereocenters. The fourth-order valence-electron chi connectivity index (χ4n) is 7.74. The first-order valence-electron chi connectivity index (χ1n) is 18.8. The van der Waals surface area contributed by atoms with E-state index in [1.165, 1.54) is 7.11 Å². The molecule has 53 heavy (non-hydrogen) atoms. The number of ether oxygens (including phenoxy) is 2. The zero-order valence-electron chi connectivity index (χ0n) is 31.6. The van der Waals surface area contributed by atoms with Gasteiger partial charge in [-0.05, 0) is 92.8 Å². The molecule has 5 atom stereocenters. The summed E-state index contributed by atoms with van der Waals surface area (Å²) in [6, 6.07) is 13.6. The van der Waals surface area contributed by atoms with E-state index in [1.807, 2.05) is 32.6 Å². The highest BCUT2D eigenvalue weighted by Gasteiger charge is 2.35. The zero-order valence-corrected chi connectivity index (χ0v) is 31.6. The van der Waals surface area contributed by atoms with E-state index < -0.39 is 12.1 Å². The van der Waals surface area contributed by atoms with Crippen LogP contribution in [0.5, 0.6) is 5.75 Å². The van der Waals surface area contributed by atoms with Crippen LogP contribution in [0, 0.1) is 5.92 Å². The predicted octanol–water partition coefficient (Wildman–Crippen LogP) is 7.81. The van der Waals surface area contributed by atoms with Gasteiger partial charge in [-0.3, -0.25) is 9.59 Å². The van der Waals surface area contributed by atoms with Crippen molar-refractivity contribution in [3.63, 3.8) is 0 Å². The van der Waals surface area contributed by atoms with Crippen molar-refractivity contribution in [2.24, 2.45) is 5.92 Å². The summed E-state index contributed by atoms with van der Waals surface area (Å²) in [7, 11) is 1.27. The topological polar surface area (TPSA) is 146 Å². The molecule has 2 aliphatic heterocycles. The van der Waals surface area contributed by atoms with E-state index in [2.05, 4.69) is 69.7 Å². The van der Waals surface area contributed by atoms with Gasteiger partial charge in [0.2, 0.25) is 11.8 Å². The molecule has 1 saturated heterocycles. The van der Waals surface area contributed by atoms with Crippen LogP contribution >= 0.6 is 0 Å². The Morgan fingerprint density at radius 1 is 1.04 bits per heavy atom. The van der Waals surface area contributed by atoms with Crippen molar-refractivity contribution < 1.29 is 23.9 Å². The minimum atomic E-state index is -0.758. The Kier molecular flexibility index (Phi) is 9.89. The molecule has 0 radical (unpaired) electrons. The SMILES string of the molecule is CCC(C)C(=O)N1CCC[C@H]1c1nc2c(ccc3cc4c(cc32)OCc2cc(-c3cnc([C@H](C)N(C(=O)[C@H](C)NC(=O)OC)[C@@H](C)CC)[nH]3)ccc2-4)[nH]1. The molecule has 0 spiro atoms. The van der Waals surface area contributed by atoms with Gasteiger partial charge in [0.1, 0.15) is 30.0 Å². The molecular weight excluding hydrogens is 670 g/mol. The first-order valence-corrected chi connectivity index (χ1v) is 18.8. The third-order valence-corrected chi connectivity index (χ3v) is 11.2. The normalized spacial score (nSPS) is 17.4. The monoisotopic (exact) mass is 719 g/mol. The van der Waals surface area contributed by atoms with Crippen molar-refractivity contribution in [2.75, 3.05) is 13.7 Å². The lowest BCUT2D eigenvalue weighted by Crippen LogP contribution is -2.50. The van der Waals surface area contributed by atoms with Crippen LogP contribution in [-0.2, 0) is 20.9 Å². The molecule has 2 aromatic heterocycles. The Morgan fingerprint density at radius 2 is 1.85 bits per heavy atom. The maximum atomic E-state index is 13.5. The van der Waals surface area contributed by atoms with Crippen LogP contribution in [0.2, 0.25) is 0 Å². The number of likely N-dealkylation sites (tertiary alicyclic amines) is 1. The second-order valence-corrected chi connectivity index (χ2v) is 14.5. The number of aromatic nitrogens is 4. The van der Waals surface area contributed by atoms with Crippen LogP contribution in [0.15, 0.2) is 48.7 Å². The number of hydrogen-bond acceptors (Lipinski definition) is 7. The molecule has 12 nitrogen and oxygen atoms in total. The first-order chi connectivity index (χ1) is 25.5. The fraction of sp³-hybridized carbons (Fsp3) is 0.439. The average Bonchev–Trinajstić information content (AvgIpc) is 3.96. The summed E-state index contributed by atoms with van der Waals surface area (Å²) in [6.45, 7) is 12.9. The van der Waals surface area contributed by atoms with Gasteiger partial charge in [0.25, 0.3) is 0 Å². The number of amides is 3. The van der Waals surface area contributed by atoms with Gasteiger partial charge in [-0.1, -0.05) is 39.0 Å². The first kappa shape index (κ1) is 36.0. The largest absolute Gasteiger partial charge is 0.488 e. The summed E-state index contributed by atoms with van der Waals surface area (Å²) < 4.78 is 11.1. The minimum absolute atomic E-state index is 0.000201. The molecule has 0 saturated carbocycles. The summed E-state index contributed by atoms with van der Waals surface area (Å²) >= 11 is 0. The number of nitrogens with zero attached hydrogens (tertiary/aromatic N) is 4. The van der Waals surface area contributed by atoms with E-state index in [4.69, 9.17) is 14.5 Å². The van der Waals surface area contributed by atoms with Gasteiger partial charge in [0.15, 0.2) is 0 Å². The van der Waals surface area contributed by atoms with Crippen LogP contribution in [-0.4, -0.2) is 73.4 Å². The number of fused-ring (bicyclic) bond motifs is 6. The predicted molar refractivity (Wildman–Crippen MR) is 204 cm³/mol.